The predicted molar refractivity (Wildman–Crippen MR) is 73.4 cm³/mol. The van der Waals surface area contributed by atoms with Gasteiger partial charge in [-0.1, -0.05) is 6.07 Å². The number of carbonyl (C=O) groups excluding carboxylic acids is 1. The van der Waals surface area contributed by atoms with Crippen molar-refractivity contribution in [1.82, 2.24) is 5.32 Å². The molecule has 20 heavy (non-hydrogen) atoms. The molecule has 2 N–H and O–H groups in total. The Balaban J connectivity index is 1.93. The number of nitrogens with zero attached hydrogens (tertiary/aromatic N) is 1. The maximum atomic E-state index is 12.1. The molecule has 1 aromatic carbocycles. The van der Waals surface area contributed by atoms with Gasteiger partial charge < -0.3 is 20.1 Å². The molecule has 0 radical (unpaired) electrons. The molecule has 0 aliphatic carbocycles. The first-order valence-electron chi connectivity index (χ1n) is 6.40. The van der Waals surface area contributed by atoms with Crippen LogP contribution in [0, 0.1) is 11.3 Å². The Morgan fingerprint density at radius 1 is 1.60 bits per heavy atom. The summed E-state index contributed by atoms with van der Waals surface area (Å²) in [6.45, 7) is 0.664. The number of nitrogens with one attached hydrogen (secondary N) is 2. The highest BCUT2D eigenvalue weighted by molar-refractivity contribution is 5.95. The largest absolute Gasteiger partial charge is 0.479 e. The molecule has 1 amide bonds. The molecule has 1 heterocycles. The molecule has 1 aliphatic rings. The molecule has 0 aromatic heterocycles. The first kappa shape index (κ1) is 14.3. The molecule has 1 aromatic rings. The second-order valence-corrected chi connectivity index (χ2v) is 4.52. The standard InChI is InChI=1S/C14H17N3O3/c1-19-12-8-13(16-9-12)14(18)17-10-3-2-4-11(7-10)20-6-5-15/h2-4,7,12-13,16H,6,8-9H2,1H3,(H,17,18). The van der Waals surface area contributed by atoms with Crippen molar-refractivity contribution in [1.29, 1.82) is 5.26 Å². The van der Waals surface area contributed by atoms with Crippen molar-refractivity contribution in [3.8, 4) is 11.8 Å². The topological polar surface area (TPSA) is 83.4 Å². The van der Waals surface area contributed by atoms with Gasteiger partial charge in [0.1, 0.15) is 11.8 Å². The first-order valence-corrected chi connectivity index (χ1v) is 6.40. The molecule has 6 heteroatoms. The fraction of sp³-hybridized carbons (Fsp3) is 0.429. The summed E-state index contributed by atoms with van der Waals surface area (Å²) >= 11 is 0. The lowest BCUT2D eigenvalue weighted by Crippen LogP contribution is -2.35. The van der Waals surface area contributed by atoms with Gasteiger partial charge in [0.05, 0.1) is 12.1 Å². The van der Waals surface area contributed by atoms with Gasteiger partial charge in [0, 0.05) is 25.4 Å². The third-order valence-corrected chi connectivity index (χ3v) is 3.15. The van der Waals surface area contributed by atoms with Crippen molar-refractivity contribution < 1.29 is 14.3 Å². The molecular weight excluding hydrogens is 258 g/mol. The maximum Gasteiger partial charge on any atom is 0.241 e. The van der Waals surface area contributed by atoms with Crippen molar-refractivity contribution in [2.75, 3.05) is 25.6 Å². The lowest BCUT2D eigenvalue weighted by molar-refractivity contribution is -0.118. The Kier molecular flexibility index (Phi) is 4.93. The summed E-state index contributed by atoms with van der Waals surface area (Å²) in [4.78, 5) is 12.1. The lowest BCUT2D eigenvalue weighted by Gasteiger charge is -2.12. The molecule has 0 saturated carbocycles. The highest BCUT2D eigenvalue weighted by Crippen LogP contribution is 2.18. The van der Waals surface area contributed by atoms with Gasteiger partial charge in [0.15, 0.2) is 6.61 Å². The van der Waals surface area contributed by atoms with E-state index < -0.39 is 0 Å². The van der Waals surface area contributed by atoms with E-state index in [0.717, 1.165) is 0 Å². The van der Waals surface area contributed by atoms with Crippen molar-refractivity contribution in [3.05, 3.63) is 24.3 Å². The van der Waals surface area contributed by atoms with Crippen LogP contribution in [0.5, 0.6) is 5.75 Å². The number of nitriles is 1. The Morgan fingerprint density at radius 3 is 3.15 bits per heavy atom. The number of ether oxygens (including phenoxy) is 2. The van der Waals surface area contributed by atoms with Gasteiger partial charge in [0.2, 0.25) is 5.91 Å². The van der Waals surface area contributed by atoms with E-state index in [1.165, 1.54) is 0 Å². The van der Waals surface area contributed by atoms with Gasteiger partial charge in [-0.2, -0.15) is 5.26 Å². The summed E-state index contributed by atoms with van der Waals surface area (Å²) in [5.74, 6) is 0.459. The van der Waals surface area contributed by atoms with E-state index in [9.17, 15) is 4.79 Å². The normalized spacial score (nSPS) is 21.2. The summed E-state index contributed by atoms with van der Waals surface area (Å²) in [6.07, 6.45) is 0.739. The van der Waals surface area contributed by atoms with Crippen LogP contribution in [-0.4, -0.2) is 38.3 Å². The van der Waals surface area contributed by atoms with Crippen LogP contribution in [0.15, 0.2) is 24.3 Å². The maximum absolute atomic E-state index is 12.1. The van der Waals surface area contributed by atoms with Gasteiger partial charge in [-0.05, 0) is 18.6 Å². The third kappa shape index (κ3) is 3.70. The van der Waals surface area contributed by atoms with Crippen molar-refractivity contribution in [2.45, 2.75) is 18.6 Å². The summed E-state index contributed by atoms with van der Waals surface area (Å²) in [5, 5.41) is 14.4. The summed E-state index contributed by atoms with van der Waals surface area (Å²) in [6, 6.07) is 8.63. The molecule has 106 valence electrons. The number of anilines is 1. The van der Waals surface area contributed by atoms with E-state index >= 15 is 0 Å². The zero-order valence-corrected chi connectivity index (χ0v) is 11.3. The van der Waals surface area contributed by atoms with Crippen LogP contribution in [0.4, 0.5) is 5.69 Å². The zero-order valence-electron chi connectivity index (χ0n) is 11.3. The van der Waals surface area contributed by atoms with Crippen LogP contribution in [-0.2, 0) is 9.53 Å². The monoisotopic (exact) mass is 275 g/mol. The van der Waals surface area contributed by atoms with Gasteiger partial charge in [0.25, 0.3) is 0 Å². The van der Waals surface area contributed by atoms with E-state index in [1.807, 2.05) is 6.07 Å². The van der Waals surface area contributed by atoms with Crippen molar-refractivity contribution in [3.63, 3.8) is 0 Å². The minimum Gasteiger partial charge on any atom is -0.479 e. The number of amides is 1. The molecule has 2 rings (SSSR count). The summed E-state index contributed by atoms with van der Waals surface area (Å²) in [5.41, 5.74) is 0.646. The Morgan fingerprint density at radius 2 is 2.45 bits per heavy atom. The SMILES string of the molecule is COC1CNC(C(=O)Nc2cccc(OCC#N)c2)C1. The number of rotatable bonds is 5. The smallest absolute Gasteiger partial charge is 0.241 e. The van der Waals surface area contributed by atoms with E-state index in [4.69, 9.17) is 14.7 Å². The number of benzene rings is 1. The minimum atomic E-state index is -0.247. The molecular formula is C14H17N3O3. The highest BCUT2D eigenvalue weighted by Gasteiger charge is 2.29. The molecule has 0 bridgehead atoms. The van der Waals surface area contributed by atoms with Crippen LogP contribution in [0.25, 0.3) is 0 Å². The Hall–Kier alpha value is -2.10. The van der Waals surface area contributed by atoms with Crippen LogP contribution in [0.3, 0.4) is 0 Å². The van der Waals surface area contributed by atoms with Crippen LogP contribution in [0.2, 0.25) is 0 Å². The van der Waals surface area contributed by atoms with E-state index in [1.54, 1.807) is 31.4 Å². The molecule has 1 saturated heterocycles. The van der Waals surface area contributed by atoms with E-state index in [0.29, 0.717) is 24.4 Å². The van der Waals surface area contributed by atoms with Gasteiger partial charge >= 0.3 is 0 Å². The van der Waals surface area contributed by atoms with Crippen LogP contribution < -0.4 is 15.4 Å². The number of carbonyl (C=O) groups is 1. The van der Waals surface area contributed by atoms with Gasteiger partial charge in [-0.25, -0.2) is 0 Å². The number of hydrogen-bond donors (Lipinski definition) is 2. The van der Waals surface area contributed by atoms with Crippen molar-refractivity contribution in [2.24, 2.45) is 0 Å². The number of hydrogen-bond acceptors (Lipinski definition) is 5. The molecule has 0 spiro atoms. The lowest BCUT2D eigenvalue weighted by atomic mass is 10.2. The van der Waals surface area contributed by atoms with Crippen molar-refractivity contribution >= 4 is 11.6 Å². The second-order valence-electron chi connectivity index (χ2n) is 4.52. The fourth-order valence-corrected chi connectivity index (χ4v) is 2.09. The minimum absolute atomic E-state index is 0.0168. The predicted octanol–water partition coefficient (Wildman–Crippen LogP) is 0.904. The molecule has 1 fully saturated rings. The molecule has 2 atom stereocenters. The van der Waals surface area contributed by atoms with Gasteiger partial charge in [-0.3, -0.25) is 4.79 Å². The molecule has 2 unspecified atom stereocenters. The van der Waals surface area contributed by atoms with E-state index in [-0.39, 0.29) is 24.7 Å². The third-order valence-electron chi connectivity index (χ3n) is 3.15. The number of methoxy groups -OCH3 is 1. The summed E-state index contributed by atoms with van der Waals surface area (Å²) in [7, 11) is 1.64. The van der Waals surface area contributed by atoms with Crippen LogP contribution in [0.1, 0.15) is 6.42 Å². The molecule has 6 nitrogen and oxygen atoms in total. The Labute approximate surface area is 117 Å². The molecule has 1 aliphatic heterocycles. The second kappa shape index (κ2) is 6.89. The van der Waals surface area contributed by atoms with Gasteiger partial charge in [-0.15, -0.1) is 0 Å². The van der Waals surface area contributed by atoms with Crippen LogP contribution >= 0.6 is 0 Å². The zero-order chi connectivity index (χ0) is 14.4. The fourth-order valence-electron chi connectivity index (χ4n) is 2.09. The summed E-state index contributed by atoms with van der Waals surface area (Å²) < 4.78 is 10.4. The highest BCUT2D eigenvalue weighted by atomic mass is 16.5. The average molecular weight is 275 g/mol. The average Bonchev–Trinajstić information content (AvgIpc) is 2.94. The quantitative estimate of drug-likeness (QED) is 0.834. The first-order chi connectivity index (χ1) is 9.72. The Bertz CT molecular complexity index is 513. The van der Waals surface area contributed by atoms with E-state index in [2.05, 4.69) is 10.6 Å².